The van der Waals surface area contributed by atoms with Gasteiger partial charge in [-0.05, 0) is 55.8 Å². The molecule has 0 spiro atoms. The molecule has 1 aromatic heterocycles. The van der Waals surface area contributed by atoms with Crippen LogP contribution in [0, 0.1) is 0 Å². The summed E-state index contributed by atoms with van der Waals surface area (Å²) in [6.07, 6.45) is 2.21. The van der Waals surface area contributed by atoms with Crippen LogP contribution in [0.3, 0.4) is 0 Å². The number of thiazole rings is 1. The second-order valence-corrected chi connectivity index (χ2v) is 9.28. The predicted molar refractivity (Wildman–Crippen MR) is 125 cm³/mol. The van der Waals surface area contributed by atoms with Crippen LogP contribution < -0.4 is 9.64 Å². The first kappa shape index (κ1) is 20.3. The van der Waals surface area contributed by atoms with Crippen molar-refractivity contribution < 1.29 is 9.53 Å². The van der Waals surface area contributed by atoms with Gasteiger partial charge in [0.2, 0.25) is 5.91 Å². The quantitative estimate of drug-likeness (QED) is 0.609. The molecule has 2 saturated heterocycles. The van der Waals surface area contributed by atoms with Gasteiger partial charge in [0.05, 0.1) is 29.9 Å². The first-order valence-corrected chi connectivity index (χ1v) is 11.8. The smallest absolute Gasteiger partial charge is 0.236 e. The van der Waals surface area contributed by atoms with Crippen molar-refractivity contribution in [2.45, 2.75) is 18.9 Å². The van der Waals surface area contributed by atoms with Crippen molar-refractivity contribution in [3.05, 3.63) is 53.5 Å². The van der Waals surface area contributed by atoms with Gasteiger partial charge >= 0.3 is 0 Å². The maximum Gasteiger partial charge on any atom is 0.236 e. The SMILES string of the molecule is COc1ccc(N2CCN(C(=O)CN3CCCC3c3nc4ccccc4s3)CC2)cc1. The summed E-state index contributed by atoms with van der Waals surface area (Å²) in [7, 11) is 1.68. The van der Waals surface area contributed by atoms with Gasteiger partial charge in [-0.15, -0.1) is 11.3 Å². The average molecular weight is 437 g/mol. The van der Waals surface area contributed by atoms with Crippen molar-refractivity contribution in [3.63, 3.8) is 0 Å². The van der Waals surface area contributed by atoms with Gasteiger partial charge in [0.1, 0.15) is 10.8 Å². The standard InChI is InChI=1S/C24H28N4O2S/c1-30-19-10-8-18(9-11-19)26-13-15-27(16-14-26)23(29)17-28-12-4-6-21(28)24-25-20-5-2-3-7-22(20)31-24/h2-3,5,7-11,21H,4,6,12-17H2,1H3. The molecule has 3 aromatic rings. The number of hydrogen-bond acceptors (Lipinski definition) is 6. The lowest BCUT2D eigenvalue weighted by Gasteiger charge is -2.37. The van der Waals surface area contributed by atoms with Gasteiger partial charge in [0, 0.05) is 31.9 Å². The highest BCUT2D eigenvalue weighted by Gasteiger charge is 2.32. The zero-order valence-corrected chi connectivity index (χ0v) is 18.7. The third-order valence-electron chi connectivity index (χ3n) is 6.37. The Morgan fingerprint density at radius 1 is 1.06 bits per heavy atom. The van der Waals surface area contributed by atoms with Crippen LogP contribution in [0.4, 0.5) is 5.69 Å². The highest BCUT2D eigenvalue weighted by atomic mass is 32.1. The van der Waals surface area contributed by atoms with Gasteiger partial charge in [-0.25, -0.2) is 4.98 Å². The molecule has 2 aromatic carbocycles. The number of fused-ring (bicyclic) bond motifs is 1. The Morgan fingerprint density at radius 3 is 2.58 bits per heavy atom. The van der Waals surface area contributed by atoms with Gasteiger partial charge in [0.15, 0.2) is 0 Å². The first-order valence-electron chi connectivity index (χ1n) is 11.0. The Kier molecular flexibility index (Phi) is 5.78. The van der Waals surface area contributed by atoms with Gasteiger partial charge in [0.25, 0.3) is 0 Å². The topological polar surface area (TPSA) is 48.9 Å². The fraction of sp³-hybridized carbons (Fsp3) is 0.417. The number of anilines is 1. The Hall–Kier alpha value is -2.64. The van der Waals surface area contributed by atoms with Gasteiger partial charge in [-0.2, -0.15) is 0 Å². The number of piperazine rings is 1. The van der Waals surface area contributed by atoms with Crippen LogP contribution in [0.1, 0.15) is 23.9 Å². The monoisotopic (exact) mass is 436 g/mol. The number of benzene rings is 2. The van der Waals surface area contributed by atoms with Crippen LogP contribution in [0.25, 0.3) is 10.2 Å². The third kappa shape index (κ3) is 4.25. The van der Waals surface area contributed by atoms with E-state index in [1.807, 2.05) is 23.1 Å². The summed E-state index contributed by atoms with van der Waals surface area (Å²) < 4.78 is 6.47. The molecular weight excluding hydrogens is 408 g/mol. The minimum absolute atomic E-state index is 0.238. The molecule has 162 valence electrons. The van der Waals surface area contributed by atoms with E-state index >= 15 is 0 Å². The molecule has 1 amide bonds. The van der Waals surface area contributed by atoms with Crippen molar-refractivity contribution in [3.8, 4) is 5.75 Å². The maximum atomic E-state index is 13.1. The second-order valence-electron chi connectivity index (χ2n) is 8.21. The number of aromatic nitrogens is 1. The molecule has 3 heterocycles. The van der Waals surface area contributed by atoms with Gasteiger partial charge < -0.3 is 14.5 Å². The first-order chi connectivity index (χ1) is 15.2. The largest absolute Gasteiger partial charge is 0.497 e. The lowest BCUT2D eigenvalue weighted by Crippen LogP contribution is -2.51. The summed E-state index contributed by atoms with van der Waals surface area (Å²) in [6.45, 7) is 4.72. The Bertz CT molecular complexity index is 1010. The van der Waals surface area contributed by atoms with Crippen LogP contribution in [0.15, 0.2) is 48.5 Å². The highest BCUT2D eigenvalue weighted by Crippen LogP contribution is 2.36. The molecule has 0 bridgehead atoms. The van der Waals surface area contributed by atoms with E-state index in [4.69, 9.17) is 9.72 Å². The molecule has 2 fully saturated rings. The molecule has 0 radical (unpaired) electrons. The molecule has 31 heavy (non-hydrogen) atoms. The fourth-order valence-electron chi connectivity index (χ4n) is 4.61. The van der Waals surface area contributed by atoms with E-state index < -0.39 is 0 Å². The van der Waals surface area contributed by atoms with Crippen LogP contribution in [-0.2, 0) is 4.79 Å². The van der Waals surface area contributed by atoms with Crippen molar-refractivity contribution in [1.29, 1.82) is 0 Å². The van der Waals surface area contributed by atoms with Crippen LogP contribution >= 0.6 is 11.3 Å². The Morgan fingerprint density at radius 2 is 1.84 bits per heavy atom. The van der Waals surface area contributed by atoms with E-state index in [1.165, 1.54) is 10.4 Å². The Balaban J connectivity index is 1.19. The molecule has 6 nitrogen and oxygen atoms in total. The van der Waals surface area contributed by atoms with Gasteiger partial charge in [-0.1, -0.05) is 12.1 Å². The average Bonchev–Trinajstić information content (AvgIpc) is 3.45. The minimum atomic E-state index is 0.238. The van der Waals surface area contributed by atoms with Crippen molar-refractivity contribution in [2.24, 2.45) is 0 Å². The maximum absolute atomic E-state index is 13.1. The molecule has 1 atom stereocenters. The molecule has 5 rings (SSSR count). The molecule has 1 unspecified atom stereocenters. The number of para-hydroxylation sites is 1. The summed E-state index contributed by atoms with van der Waals surface area (Å²) in [5.74, 6) is 1.10. The summed E-state index contributed by atoms with van der Waals surface area (Å²) >= 11 is 1.77. The third-order valence-corrected chi connectivity index (χ3v) is 7.51. The van der Waals surface area contributed by atoms with Crippen LogP contribution in [-0.4, -0.2) is 67.1 Å². The van der Waals surface area contributed by atoms with Crippen LogP contribution in [0.5, 0.6) is 5.75 Å². The number of ether oxygens (including phenoxy) is 1. The number of methoxy groups -OCH3 is 1. The molecular formula is C24H28N4O2S. The number of nitrogens with zero attached hydrogens (tertiary/aromatic N) is 4. The second kappa shape index (κ2) is 8.85. The highest BCUT2D eigenvalue weighted by molar-refractivity contribution is 7.18. The normalized spacial score (nSPS) is 19.8. The molecule has 0 saturated carbocycles. The van der Waals surface area contributed by atoms with Gasteiger partial charge in [-0.3, -0.25) is 9.69 Å². The van der Waals surface area contributed by atoms with E-state index in [0.717, 1.165) is 61.8 Å². The zero-order valence-electron chi connectivity index (χ0n) is 17.9. The summed E-state index contributed by atoms with van der Waals surface area (Å²) in [5, 5.41) is 1.15. The number of likely N-dealkylation sites (tertiary alicyclic amines) is 1. The van der Waals surface area contributed by atoms with Crippen LogP contribution in [0.2, 0.25) is 0 Å². The van der Waals surface area contributed by atoms with E-state index in [-0.39, 0.29) is 11.9 Å². The number of rotatable bonds is 5. The van der Waals surface area contributed by atoms with E-state index in [1.54, 1.807) is 18.4 Å². The molecule has 7 heteroatoms. The number of amides is 1. The van der Waals surface area contributed by atoms with Crippen molar-refractivity contribution in [1.82, 2.24) is 14.8 Å². The van der Waals surface area contributed by atoms with Crippen molar-refractivity contribution >= 4 is 33.1 Å². The lowest BCUT2D eigenvalue weighted by molar-refractivity contribution is -0.133. The number of carbonyl (C=O) groups is 1. The van der Waals surface area contributed by atoms with E-state index in [9.17, 15) is 4.79 Å². The molecule has 0 aliphatic carbocycles. The molecule has 0 N–H and O–H groups in total. The number of carbonyl (C=O) groups excluding carboxylic acids is 1. The van der Waals surface area contributed by atoms with Crippen molar-refractivity contribution in [2.75, 3.05) is 51.3 Å². The van der Waals surface area contributed by atoms with E-state index in [2.05, 4.69) is 40.1 Å². The van der Waals surface area contributed by atoms with E-state index in [0.29, 0.717) is 6.54 Å². The molecule has 2 aliphatic rings. The fourth-order valence-corrected chi connectivity index (χ4v) is 5.75. The summed E-state index contributed by atoms with van der Waals surface area (Å²) in [5.41, 5.74) is 2.25. The predicted octanol–water partition coefficient (Wildman–Crippen LogP) is 3.79. The lowest BCUT2D eigenvalue weighted by atomic mass is 10.2. The minimum Gasteiger partial charge on any atom is -0.497 e. The molecule has 2 aliphatic heterocycles. The Labute approximate surface area is 187 Å². The number of hydrogen-bond donors (Lipinski definition) is 0. The summed E-state index contributed by atoms with van der Waals surface area (Å²) in [6, 6.07) is 16.7. The summed E-state index contributed by atoms with van der Waals surface area (Å²) in [4.78, 5) is 24.6. The zero-order chi connectivity index (χ0) is 21.2.